The van der Waals surface area contributed by atoms with Gasteiger partial charge in [0, 0.05) is 23.9 Å². The van der Waals surface area contributed by atoms with E-state index >= 15 is 0 Å². The number of rotatable bonds is 7. The molecule has 2 rings (SSSR count). The van der Waals surface area contributed by atoms with E-state index in [2.05, 4.69) is 34.7 Å². The summed E-state index contributed by atoms with van der Waals surface area (Å²) >= 11 is 1.21. The molecule has 114 valence electrons. The Morgan fingerprint density at radius 3 is 2.67 bits per heavy atom. The fourth-order valence-electron chi connectivity index (χ4n) is 1.71. The van der Waals surface area contributed by atoms with Crippen molar-refractivity contribution in [1.29, 1.82) is 0 Å². The van der Waals surface area contributed by atoms with Crippen molar-refractivity contribution in [2.45, 2.75) is 37.3 Å². The summed E-state index contributed by atoms with van der Waals surface area (Å²) < 4.78 is 28.7. The lowest BCUT2D eigenvalue weighted by Crippen LogP contribution is -2.27. The van der Waals surface area contributed by atoms with Crippen LogP contribution in [0.25, 0.3) is 0 Å². The number of nitrogens with zero attached hydrogens (tertiary/aromatic N) is 4. The number of hydrogen-bond acceptors (Lipinski definition) is 5. The van der Waals surface area contributed by atoms with Crippen LogP contribution in [0.3, 0.4) is 0 Å². The predicted octanol–water partition coefficient (Wildman–Crippen LogP) is 2.24. The van der Waals surface area contributed by atoms with Gasteiger partial charge >= 0.3 is 0 Å². The lowest BCUT2D eigenvalue weighted by Gasteiger charge is -2.09. The summed E-state index contributed by atoms with van der Waals surface area (Å²) in [6, 6.07) is 4.22. The van der Waals surface area contributed by atoms with Crippen molar-refractivity contribution in [3.63, 3.8) is 0 Å². The van der Waals surface area contributed by atoms with E-state index in [0.29, 0.717) is 17.7 Å². The maximum atomic E-state index is 13.5. The molecule has 1 aromatic heterocycles. The molecular formula is C13H17F2N5S. The molecule has 0 aliphatic heterocycles. The van der Waals surface area contributed by atoms with Gasteiger partial charge in [0.15, 0.2) is 0 Å². The van der Waals surface area contributed by atoms with Gasteiger partial charge in [-0.2, -0.15) is 0 Å². The third kappa shape index (κ3) is 4.47. The molecule has 0 fully saturated rings. The molecule has 1 N–H and O–H groups in total. The SMILES string of the molecule is CC(C)NCCn1nnnc1SCc1c(F)cccc1F. The maximum Gasteiger partial charge on any atom is 0.209 e. The first-order valence-corrected chi connectivity index (χ1v) is 7.61. The minimum Gasteiger partial charge on any atom is -0.313 e. The summed E-state index contributed by atoms with van der Waals surface area (Å²) in [6.45, 7) is 5.43. The fourth-order valence-corrected chi connectivity index (χ4v) is 2.63. The number of hydrogen-bond donors (Lipinski definition) is 1. The predicted molar refractivity (Wildman–Crippen MR) is 76.9 cm³/mol. The second-order valence-electron chi connectivity index (χ2n) is 4.78. The van der Waals surface area contributed by atoms with Crippen LogP contribution in [0.2, 0.25) is 0 Å². The molecule has 0 saturated carbocycles. The number of aromatic nitrogens is 4. The molecule has 0 spiro atoms. The summed E-state index contributed by atoms with van der Waals surface area (Å²) in [7, 11) is 0. The first-order valence-electron chi connectivity index (χ1n) is 6.63. The standard InChI is InChI=1S/C13H17F2N5S/c1-9(2)16-6-7-20-13(17-18-19-20)21-8-10-11(14)4-3-5-12(10)15/h3-5,9,16H,6-8H2,1-2H3. The molecule has 0 radical (unpaired) electrons. The molecule has 0 bridgehead atoms. The maximum absolute atomic E-state index is 13.5. The van der Waals surface area contributed by atoms with Crippen molar-refractivity contribution in [3.05, 3.63) is 35.4 Å². The summed E-state index contributed by atoms with van der Waals surface area (Å²) in [4.78, 5) is 0. The number of halogens is 2. The zero-order valence-corrected chi connectivity index (χ0v) is 12.7. The lowest BCUT2D eigenvalue weighted by atomic mass is 10.2. The first kappa shape index (κ1) is 15.8. The second kappa shape index (κ2) is 7.46. The van der Waals surface area contributed by atoms with Gasteiger partial charge in [0.2, 0.25) is 5.16 Å². The number of tetrazole rings is 1. The van der Waals surface area contributed by atoms with Crippen molar-refractivity contribution < 1.29 is 8.78 Å². The van der Waals surface area contributed by atoms with E-state index in [0.717, 1.165) is 6.54 Å². The Kier molecular flexibility index (Phi) is 5.63. The van der Waals surface area contributed by atoms with Gasteiger partial charge in [-0.05, 0) is 22.6 Å². The number of thioether (sulfide) groups is 1. The number of benzene rings is 1. The topological polar surface area (TPSA) is 55.6 Å². The monoisotopic (exact) mass is 313 g/mol. The van der Waals surface area contributed by atoms with Gasteiger partial charge in [0.05, 0.1) is 6.54 Å². The highest BCUT2D eigenvalue weighted by Crippen LogP contribution is 2.23. The quantitative estimate of drug-likeness (QED) is 0.795. The normalized spacial score (nSPS) is 11.3. The highest BCUT2D eigenvalue weighted by atomic mass is 32.2. The van der Waals surface area contributed by atoms with Crippen LogP contribution in [0, 0.1) is 11.6 Å². The van der Waals surface area contributed by atoms with E-state index in [4.69, 9.17) is 0 Å². The van der Waals surface area contributed by atoms with E-state index in [-0.39, 0.29) is 11.3 Å². The van der Waals surface area contributed by atoms with Gasteiger partial charge in [-0.3, -0.25) is 0 Å². The van der Waals surface area contributed by atoms with Crippen molar-refractivity contribution in [2.24, 2.45) is 0 Å². The van der Waals surface area contributed by atoms with Crippen LogP contribution in [0.5, 0.6) is 0 Å². The fraction of sp³-hybridized carbons (Fsp3) is 0.462. The van der Waals surface area contributed by atoms with Gasteiger partial charge in [-0.1, -0.05) is 31.7 Å². The molecule has 5 nitrogen and oxygen atoms in total. The highest BCUT2D eigenvalue weighted by Gasteiger charge is 2.12. The molecule has 1 heterocycles. The smallest absolute Gasteiger partial charge is 0.209 e. The van der Waals surface area contributed by atoms with Gasteiger partial charge in [-0.25, -0.2) is 13.5 Å². The summed E-state index contributed by atoms with van der Waals surface area (Å²) in [5.41, 5.74) is 0.0392. The molecular weight excluding hydrogens is 296 g/mol. The number of nitrogens with one attached hydrogen (secondary N) is 1. The molecule has 0 atom stereocenters. The molecule has 0 saturated heterocycles. The molecule has 0 aliphatic carbocycles. The average Bonchev–Trinajstić information content (AvgIpc) is 2.85. The Bertz CT molecular complexity index is 567. The highest BCUT2D eigenvalue weighted by molar-refractivity contribution is 7.98. The summed E-state index contributed by atoms with van der Waals surface area (Å²) in [5, 5.41) is 15.2. The minimum absolute atomic E-state index is 0.0392. The molecule has 21 heavy (non-hydrogen) atoms. The Balaban J connectivity index is 1.96. The van der Waals surface area contributed by atoms with Crippen molar-refractivity contribution >= 4 is 11.8 Å². The van der Waals surface area contributed by atoms with Crippen LogP contribution in [-0.4, -0.2) is 32.8 Å². The average molecular weight is 313 g/mol. The van der Waals surface area contributed by atoms with E-state index in [9.17, 15) is 8.78 Å². The van der Waals surface area contributed by atoms with Crippen LogP contribution in [0.4, 0.5) is 8.78 Å². The molecule has 1 aromatic carbocycles. The van der Waals surface area contributed by atoms with Crippen molar-refractivity contribution in [3.8, 4) is 0 Å². The molecule has 8 heteroatoms. The van der Waals surface area contributed by atoms with Gasteiger partial charge in [0.25, 0.3) is 0 Å². The molecule has 2 aromatic rings. The van der Waals surface area contributed by atoms with Gasteiger partial charge < -0.3 is 5.32 Å². The zero-order chi connectivity index (χ0) is 15.2. The third-order valence-corrected chi connectivity index (χ3v) is 3.77. The molecule has 0 unspecified atom stereocenters. The first-order chi connectivity index (χ1) is 10.1. The van der Waals surface area contributed by atoms with Crippen LogP contribution < -0.4 is 5.32 Å². The van der Waals surface area contributed by atoms with Crippen molar-refractivity contribution in [2.75, 3.05) is 6.54 Å². The van der Waals surface area contributed by atoms with Gasteiger partial charge in [-0.15, -0.1) is 5.10 Å². The van der Waals surface area contributed by atoms with Crippen LogP contribution >= 0.6 is 11.8 Å². The molecule has 0 amide bonds. The second-order valence-corrected chi connectivity index (χ2v) is 5.72. The Morgan fingerprint density at radius 2 is 2.00 bits per heavy atom. The Morgan fingerprint density at radius 1 is 1.29 bits per heavy atom. The van der Waals surface area contributed by atoms with Crippen LogP contribution in [0.1, 0.15) is 19.4 Å². The zero-order valence-electron chi connectivity index (χ0n) is 11.9. The van der Waals surface area contributed by atoms with Crippen LogP contribution in [0.15, 0.2) is 23.4 Å². The van der Waals surface area contributed by atoms with E-state index < -0.39 is 11.6 Å². The van der Waals surface area contributed by atoms with E-state index in [1.807, 2.05) is 0 Å². The lowest BCUT2D eigenvalue weighted by molar-refractivity contribution is 0.485. The largest absolute Gasteiger partial charge is 0.313 e. The molecule has 0 aliphatic rings. The third-order valence-electron chi connectivity index (χ3n) is 2.78. The summed E-state index contributed by atoms with van der Waals surface area (Å²) in [5.74, 6) is -0.956. The van der Waals surface area contributed by atoms with Crippen molar-refractivity contribution in [1.82, 2.24) is 25.5 Å². The summed E-state index contributed by atoms with van der Waals surface area (Å²) in [6.07, 6.45) is 0. The minimum atomic E-state index is -0.553. The van der Waals surface area contributed by atoms with E-state index in [1.165, 1.54) is 30.0 Å². The Labute approximate surface area is 126 Å². The Hall–Kier alpha value is -1.54. The van der Waals surface area contributed by atoms with E-state index in [1.54, 1.807) is 4.68 Å². The van der Waals surface area contributed by atoms with Crippen LogP contribution in [-0.2, 0) is 12.3 Å². The van der Waals surface area contributed by atoms with Gasteiger partial charge in [0.1, 0.15) is 11.6 Å².